The molecule has 2 heterocycles. The van der Waals surface area contributed by atoms with Crippen molar-refractivity contribution < 1.29 is 8.91 Å². The Hall–Kier alpha value is -2.32. The molecule has 1 aliphatic rings. The quantitative estimate of drug-likeness (QED) is 0.748. The summed E-state index contributed by atoms with van der Waals surface area (Å²) in [5, 5.41) is 8.39. The number of rotatable bonds is 4. The summed E-state index contributed by atoms with van der Waals surface area (Å²) in [7, 11) is 0. The van der Waals surface area contributed by atoms with Crippen LogP contribution in [0.25, 0.3) is 17.4 Å². The van der Waals surface area contributed by atoms with Gasteiger partial charge in [-0.15, -0.1) is 17.5 Å². The fraction of sp³-hybridized carbons (Fsp3) is 0.412. The Bertz CT molecular complexity index is 918. The van der Waals surface area contributed by atoms with E-state index in [2.05, 4.69) is 20.2 Å². The van der Waals surface area contributed by atoms with Crippen LogP contribution in [0.2, 0.25) is 0 Å². The van der Waals surface area contributed by atoms with Gasteiger partial charge in [0.25, 0.3) is 5.89 Å². The van der Waals surface area contributed by atoms with E-state index in [9.17, 15) is 4.39 Å². The Balaban J connectivity index is 0.00000196. The molecule has 138 valence electrons. The molecule has 1 fully saturated rings. The minimum atomic E-state index is -0.517. The summed E-state index contributed by atoms with van der Waals surface area (Å²) in [6, 6.07) is 6.43. The van der Waals surface area contributed by atoms with Crippen molar-refractivity contribution in [1.82, 2.24) is 24.9 Å². The molecule has 1 saturated carbocycles. The minimum absolute atomic E-state index is 0. The standard InChI is InChI=1S/C17H19FN6O.ClH/c1-10(2)14-20-13(22-24(14)12-7-4-3-6-11(12)18)15-21-16(23-25-15)17(19)8-5-9-17;/h3-4,6-7,10H,5,8-9,19H2,1-2H3;1H. The average Bonchev–Trinajstić information content (AvgIpc) is 3.20. The summed E-state index contributed by atoms with van der Waals surface area (Å²) in [5.41, 5.74) is 6.04. The third kappa shape index (κ3) is 2.99. The first-order valence-electron chi connectivity index (χ1n) is 8.33. The smallest absolute Gasteiger partial charge is 0.297 e. The van der Waals surface area contributed by atoms with Gasteiger partial charge in [-0.2, -0.15) is 4.98 Å². The van der Waals surface area contributed by atoms with Crippen molar-refractivity contribution in [1.29, 1.82) is 0 Å². The Morgan fingerprint density at radius 3 is 2.58 bits per heavy atom. The number of nitrogens with two attached hydrogens (primary N) is 1. The predicted molar refractivity (Wildman–Crippen MR) is 95.7 cm³/mol. The highest BCUT2D eigenvalue weighted by molar-refractivity contribution is 5.85. The van der Waals surface area contributed by atoms with Crippen LogP contribution >= 0.6 is 12.4 Å². The van der Waals surface area contributed by atoms with Gasteiger partial charge in [-0.1, -0.05) is 31.1 Å². The molecule has 26 heavy (non-hydrogen) atoms. The molecule has 0 amide bonds. The third-order valence-corrected chi connectivity index (χ3v) is 4.54. The van der Waals surface area contributed by atoms with Crippen LogP contribution in [0.3, 0.4) is 0 Å². The highest BCUT2D eigenvalue weighted by Gasteiger charge is 2.39. The van der Waals surface area contributed by atoms with Crippen LogP contribution in [0.15, 0.2) is 28.8 Å². The van der Waals surface area contributed by atoms with E-state index in [1.165, 1.54) is 10.7 Å². The molecule has 0 bridgehead atoms. The number of nitrogens with zero attached hydrogens (tertiary/aromatic N) is 5. The maximum atomic E-state index is 14.2. The van der Waals surface area contributed by atoms with Gasteiger partial charge in [0.15, 0.2) is 5.82 Å². The molecule has 0 aliphatic heterocycles. The van der Waals surface area contributed by atoms with E-state index in [1.807, 2.05) is 13.8 Å². The number of benzene rings is 1. The molecule has 0 unspecified atom stereocenters. The van der Waals surface area contributed by atoms with Gasteiger partial charge in [0.05, 0.1) is 5.54 Å². The van der Waals surface area contributed by atoms with Gasteiger partial charge < -0.3 is 10.3 Å². The number of para-hydroxylation sites is 1. The molecule has 1 aliphatic carbocycles. The molecule has 0 atom stereocenters. The van der Waals surface area contributed by atoms with Gasteiger partial charge in [-0.25, -0.2) is 14.1 Å². The number of hydrogen-bond acceptors (Lipinski definition) is 6. The van der Waals surface area contributed by atoms with Gasteiger partial charge in [-0.05, 0) is 31.4 Å². The van der Waals surface area contributed by atoms with E-state index in [0.717, 1.165) is 19.3 Å². The molecule has 9 heteroatoms. The van der Waals surface area contributed by atoms with E-state index < -0.39 is 5.54 Å². The van der Waals surface area contributed by atoms with Crippen molar-refractivity contribution in [3.63, 3.8) is 0 Å². The van der Waals surface area contributed by atoms with Gasteiger partial charge in [0.1, 0.15) is 17.3 Å². The zero-order valence-corrected chi connectivity index (χ0v) is 15.3. The summed E-state index contributed by atoms with van der Waals surface area (Å²) in [6.45, 7) is 3.93. The largest absolute Gasteiger partial charge is 0.330 e. The molecule has 0 saturated heterocycles. The topological polar surface area (TPSA) is 95.7 Å². The number of hydrogen-bond donors (Lipinski definition) is 1. The fourth-order valence-electron chi connectivity index (χ4n) is 2.89. The zero-order valence-electron chi connectivity index (χ0n) is 14.5. The summed E-state index contributed by atoms with van der Waals surface area (Å²) >= 11 is 0. The fourth-order valence-corrected chi connectivity index (χ4v) is 2.89. The van der Waals surface area contributed by atoms with Crippen LogP contribution < -0.4 is 5.73 Å². The van der Waals surface area contributed by atoms with E-state index in [-0.39, 0.29) is 35.9 Å². The van der Waals surface area contributed by atoms with Crippen LogP contribution in [0, 0.1) is 5.82 Å². The Labute approximate surface area is 156 Å². The van der Waals surface area contributed by atoms with Crippen LogP contribution in [0.4, 0.5) is 4.39 Å². The maximum Gasteiger partial charge on any atom is 0.297 e. The second-order valence-electron chi connectivity index (χ2n) is 6.74. The molecule has 0 radical (unpaired) electrons. The van der Waals surface area contributed by atoms with Crippen molar-refractivity contribution in [3.8, 4) is 17.4 Å². The van der Waals surface area contributed by atoms with Crippen LogP contribution in [-0.2, 0) is 5.54 Å². The summed E-state index contributed by atoms with van der Waals surface area (Å²) < 4.78 is 21.0. The summed E-state index contributed by atoms with van der Waals surface area (Å²) in [6.07, 6.45) is 2.72. The third-order valence-electron chi connectivity index (χ3n) is 4.54. The van der Waals surface area contributed by atoms with Gasteiger partial charge in [0, 0.05) is 5.92 Å². The first-order chi connectivity index (χ1) is 12.0. The van der Waals surface area contributed by atoms with E-state index in [0.29, 0.717) is 17.3 Å². The van der Waals surface area contributed by atoms with Gasteiger partial charge in [0.2, 0.25) is 5.82 Å². The number of aromatic nitrogens is 5. The highest BCUT2D eigenvalue weighted by Crippen LogP contribution is 2.37. The first-order valence-corrected chi connectivity index (χ1v) is 8.33. The normalized spacial score (nSPS) is 15.6. The lowest BCUT2D eigenvalue weighted by atomic mass is 9.77. The Morgan fingerprint density at radius 1 is 1.23 bits per heavy atom. The van der Waals surface area contributed by atoms with Crippen LogP contribution in [0.5, 0.6) is 0 Å². The van der Waals surface area contributed by atoms with E-state index in [4.69, 9.17) is 10.3 Å². The molecule has 2 N–H and O–H groups in total. The van der Waals surface area contributed by atoms with Crippen LogP contribution in [0.1, 0.15) is 50.7 Å². The molecule has 0 spiro atoms. The van der Waals surface area contributed by atoms with Crippen molar-refractivity contribution in [2.24, 2.45) is 5.73 Å². The van der Waals surface area contributed by atoms with Crippen molar-refractivity contribution >= 4 is 12.4 Å². The van der Waals surface area contributed by atoms with Crippen molar-refractivity contribution in [3.05, 3.63) is 41.7 Å². The minimum Gasteiger partial charge on any atom is -0.330 e. The Kier molecular flexibility index (Phi) is 4.81. The molecule has 3 aromatic rings. The second kappa shape index (κ2) is 6.77. The van der Waals surface area contributed by atoms with Gasteiger partial charge in [-0.3, -0.25) is 0 Å². The Morgan fingerprint density at radius 2 is 1.96 bits per heavy atom. The monoisotopic (exact) mass is 378 g/mol. The molecule has 2 aromatic heterocycles. The highest BCUT2D eigenvalue weighted by atomic mass is 35.5. The predicted octanol–water partition coefficient (Wildman–Crippen LogP) is 3.34. The van der Waals surface area contributed by atoms with Gasteiger partial charge >= 0.3 is 0 Å². The molecular weight excluding hydrogens is 359 g/mol. The molecule has 7 nitrogen and oxygen atoms in total. The summed E-state index contributed by atoms with van der Waals surface area (Å²) in [5.74, 6) is 1.23. The van der Waals surface area contributed by atoms with Crippen molar-refractivity contribution in [2.45, 2.75) is 44.6 Å². The van der Waals surface area contributed by atoms with Crippen molar-refractivity contribution in [2.75, 3.05) is 0 Å². The molecule has 4 rings (SSSR count). The van der Waals surface area contributed by atoms with Crippen LogP contribution in [-0.4, -0.2) is 24.9 Å². The van der Waals surface area contributed by atoms with E-state index in [1.54, 1.807) is 18.2 Å². The van der Waals surface area contributed by atoms with E-state index >= 15 is 0 Å². The SMILES string of the molecule is CC(C)c1nc(-c2nc(C3(N)CCC3)no2)nn1-c1ccccc1F.Cl. The number of halogens is 2. The summed E-state index contributed by atoms with van der Waals surface area (Å²) in [4.78, 5) is 8.85. The second-order valence-corrected chi connectivity index (χ2v) is 6.74. The lowest BCUT2D eigenvalue weighted by molar-refractivity contribution is 0.229. The lowest BCUT2D eigenvalue weighted by Crippen LogP contribution is -2.44. The molecular formula is C17H20ClFN6O. The average molecular weight is 379 g/mol. The molecule has 1 aromatic carbocycles. The lowest BCUT2D eigenvalue weighted by Gasteiger charge is -2.34. The zero-order chi connectivity index (χ0) is 17.6. The first kappa shape index (κ1) is 18.5. The maximum absolute atomic E-state index is 14.2.